The average Bonchev–Trinajstić information content (AvgIpc) is 3.59. The van der Waals surface area contributed by atoms with Gasteiger partial charge in [0.15, 0.2) is 0 Å². The second kappa shape index (κ2) is 10.4. The zero-order chi connectivity index (χ0) is 33.9. The summed E-state index contributed by atoms with van der Waals surface area (Å²) in [5.41, 5.74) is 10.0. The van der Waals surface area contributed by atoms with Crippen molar-refractivity contribution in [2.45, 2.75) is 0 Å². The minimum atomic E-state index is 1.24. The molecule has 0 amide bonds. The summed E-state index contributed by atoms with van der Waals surface area (Å²) in [6.07, 6.45) is 0. The molecule has 0 aliphatic carbocycles. The van der Waals surface area contributed by atoms with Crippen LogP contribution in [0.25, 0.3) is 120 Å². The Hall–Kier alpha value is -6.76. The van der Waals surface area contributed by atoms with Crippen LogP contribution in [0.4, 0.5) is 0 Å². The van der Waals surface area contributed by atoms with Crippen molar-refractivity contribution in [2.75, 3.05) is 0 Å². The standard InChI is InChI=1S/C52H30/c1-5-13-31(14-6-1)40-27-44-36-23-21-35-22-24-37-45-28-41(32-15-7-2-8-16-32)43(34-19-11-4-12-20-34)30-47(45)39-26-25-38(51-49(36)48(35)50(37)52(39)51)46(44)29-42(40)33-17-9-3-10-18-33/h1-30H. The molecule has 0 spiro atoms. The summed E-state index contributed by atoms with van der Waals surface area (Å²) in [7, 11) is 0. The van der Waals surface area contributed by atoms with Crippen molar-refractivity contribution in [3.8, 4) is 44.5 Å². The van der Waals surface area contributed by atoms with Crippen molar-refractivity contribution in [2.24, 2.45) is 0 Å². The van der Waals surface area contributed by atoms with Crippen LogP contribution in [0, 0.1) is 0 Å². The van der Waals surface area contributed by atoms with Gasteiger partial charge in [-0.15, -0.1) is 0 Å². The topological polar surface area (TPSA) is 0 Å². The highest BCUT2D eigenvalue weighted by molar-refractivity contribution is 6.51. The van der Waals surface area contributed by atoms with Gasteiger partial charge in [-0.05, 0) is 144 Å². The Bertz CT molecular complexity index is 3070. The third-order valence-electron chi connectivity index (χ3n) is 11.7. The van der Waals surface area contributed by atoms with Gasteiger partial charge in [0, 0.05) is 0 Å². The van der Waals surface area contributed by atoms with Crippen LogP contribution in [0.5, 0.6) is 0 Å². The molecule has 12 aromatic carbocycles. The average molecular weight is 655 g/mol. The largest absolute Gasteiger partial charge is 0.0622 e. The van der Waals surface area contributed by atoms with E-state index in [4.69, 9.17) is 0 Å². The minimum Gasteiger partial charge on any atom is -0.0622 e. The first-order valence-electron chi connectivity index (χ1n) is 18.2. The molecule has 0 heteroatoms. The van der Waals surface area contributed by atoms with Crippen LogP contribution in [0.2, 0.25) is 0 Å². The summed E-state index contributed by atoms with van der Waals surface area (Å²) in [5, 5.41) is 18.9. The van der Waals surface area contributed by atoms with Gasteiger partial charge in [-0.25, -0.2) is 0 Å². The maximum absolute atomic E-state index is 2.47. The SMILES string of the molecule is c1ccc(-c2cc3c(cc2-c2ccccc2)c2ccc4c5cc(-c6ccccc6)c(-c6ccccc6)cc5c5ccc6ccc3c3c6c5c4c23)cc1. The number of hydrogen-bond acceptors (Lipinski definition) is 0. The van der Waals surface area contributed by atoms with Crippen LogP contribution in [-0.4, -0.2) is 0 Å². The monoisotopic (exact) mass is 654 g/mol. The van der Waals surface area contributed by atoms with E-state index in [1.807, 2.05) is 0 Å². The fraction of sp³-hybridized carbons (Fsp3) is 0. The quantitative estimate of drug-likeness (QED) is 0.166. The van der Waals surface area contributed by atoms with E-state index < -0.39 is 0 Å². The van der Waals surface area contributed by atoms with E-state index in [-0.39, 0.29) is 0 Å². The van der Waals surface area contributed by atoms with Gasteiger partial charge in [0.1, 0.15) is 0 Å². The maximum Gasteiger partial charge on any atom is -0.000718 e. The first-order valence-corrected chi connectivity index (χ1v) is 18.2. The molecular weight excluding hydrogens is 625 g/mol. The van der Waals surface area contributed by atoms with Gasteiger partial charge >= 0.3 is 0 Å². The summed E-state index contributed by atoms with van der Waals surface area (Å²) in [6, 6.07) is 67.7. The van der Waals surface area contributed by atoms with Crippen molar-refractivity contribution in [3.05, 3.63) is 182 Å². The highest BCUT2D eigenvalue weighted by Gasteiger charge is 2.26. The van der Waals surface area contributed by atoms with E-state index in [1.165, 1.54) is 120 Å². The molecule has 0 atom stereocenters. The Morgan fingerprint density at radius 2 is 0.442 bits per heavy atom. The van der Waals surface area contributed by atoms with Gasteiger partial charge < -0.3 is 0 Å². The third kappa shape index (κ3) is 3.71. The lowest BCUT2D eigenvalue weighted by atomic mass is 9.86. The molecule has 0 radical (unpaired) electrons. The fourth-order valence-corrected chi connectivity index (χ4v) is 9.47. The molecule has 12 aromatic rings. The molecule has 0 saturated carbocycles. The van der Waals surface area contributed by atoms with E-state index in [9.17, 15) is 0 Å². The van der Waals surface area contributed by atoms with Gasteiger partial charge in [-0.2, -0.15) is 0 Å². The van der Waals surface area contributed by atoms with Crippen LogP contribution < -0.4 is 0 Å². The van der Waals surface area contributed by atoms with Crippen LogP contribution in [0.15, 0.2) is 182 Å². The van der Waals surface area contributed by atoms with Crippen molar-refractivity contribution in [1.29, 1.82) is 0 Å². The van der Waals surface area contributed by atoms with Crippen molar-refractivity contribution >= 4 is 75.4 Å². The van der Waals surface area contributed by atoms with E-state index in [1.54, 1.807) is 0 Å². The van der Waals surface area contributed by atoms with E-state index in [0.717, 1.165) is 0 Å². The van der Waals surface area contributed by atoms with E-state index in [2.05, 4.69) is 182 Å². The highest BCUT2D eigenvalue weighted by Crippen LogP contribution is 2.54. The second-order valence-corrected chi connectivity index (χ2v) is 14.3. The van der Waals surface area contributed by atoms with Gasteiger partial charge in [-0.3, -0.25) is 0 Å². The Kier molecular flexibility index (Phi) is 5.59. The molecule has 0 bridgehead atoms. The minimum absolute atomic E-state index is 1.24. The first kappa shape index (κ1) is 28.0. The first-order chi connectivity index (χ1) is 25.8. The normalized spacial score (nSPS) is 12.2. The number of rotatable bonds is 4. The molecule has 0 aromatic heterocycles. The Morgan fingerprint density at radius 3 is 0.731 bits per heavy atom. The van der Waals surface area contributed by atoms with Crippen molar-refractivity contribution < 1.29 is 0 Å². The highest BCUT2D eigenvalue weighted by atomic mass is 14.3. The lowest BCUT2D eigenvalue weighted by molar-refractivity contribution is 1.61. The summed E-state index contributed by atoms with van der Waals surface area (Å²) < 4.78 is 0. The molecule has 238 valence electrons. The van der Waals surface area contributed by atoms with Crippen molar-refractivity contribution in [1.82, 2.24) is 0 Å². The van der Waals surface area contributed by atoms with E-state index in [0.29, 0.717) is 0 Å². The maximum atomic E-state index is 2.47. The van der Waals surface area contributed by atoms with Gasteiger partial charge in [0.05, 0.1) is 0 Å². The van der Waals surface area contributed by atoms with E-state index >= 15 is 0 Å². The van der Waals surface area contributed by atoms with Gasteiger partial charge in [0.2, 0.25) is 0 Å². The molecule has 12 rings (SSSR count). The summed E-state index contributed by atoms with van der Waals surface area (Å²) in [6.45, 7) is 0. The van der Waals surface area contributed by atoms with Crippen LogP contribution in [-0.2, 0) is 0 Å². The lowest BCUT2D eigenvalue weighted by Crippen LogP contribution is -1.90. The smallest absolute Gasteiger partial charge is 0.000718 e. The summed E-state index contributed by atoms with van der Waals surface area (Å²) >= 11 is 0. The predicted octanol–water partition coefficient (Wildman–Crippen LogP) is 14.7. The Labute approximate surface area is 300 Å². The third-order valence-corrected chi connectivity index (χ3v) is 11.7. The van der Waals surface area contributed by atoms with Crippen LogP contribution in [0.3, 0.4) is 0 Å². The summed E-state index contributed by atoms with van der Waals surface area (Å²) in [4.78, 5) is 0. The van der Waals surface area contributed by atoms with Gasteiger partial charge in [0.25, 0.3) is 0 Å². The second-order valence-electron chi connectivity index (χ2n) is 14.3. The Morgan fingerprint density at radius 1 is 0.192 bits per heavy atom. The molecule has 0 unspecified atom stereocenters. The molecule has 0 aliphatic rings. The zero-order valence-electron chi connectivity index (χ0n) is 28.3. The molecule has 52 heavy (non-hydrogen) atoms. The number of fused-ring (bicyclic) bond motifs is 6. The lowest BCUT2D eigenvalue weighted by Gasteiger charge is -2.17. The molecular formula is C52H30. The molecule has 0 saturated heterocycles. The predicted molar refractivity (Wildman–Crippen MR) is 224 cm³/mol. The molecule has 0 nitrogen and oxygen atoms in total. The summed E-state index contributed by atoms with van der Waals surface area (Å²) in [5.74, 6) is 0. The molecule has 0 fully saturated rings. The number of hydrogen-bond donors (Lipinski definition) is 0. The van der Waals surface area contributed by atoms with Crippen molar-refractivity contribution in [3.63, 3.8) is 0 Å². The van der Waals surface area contributed by atoms with Gasteiger partial charge in [-0.1, -0.05) is 158 Å². The molecule has 0 aliphatic heterocycles. The molecule has 0 N–H and O–H groups in total. The Balaban J connectivity index is 1.28. The zero-order valence-corrected chi connectivity index (χ0v) is 28.3. The number of benzene rings is 11. The van der Waals surface area contributed by atoms with Crippen LogP contribution in [0.1, 0.15) is 0 Å². The van der Waals surface area contributed by atoms with Crippen LogP contribution >= 0.6 is 0 Å². The fourth-order valence-electron chi connectivity index (χ4n) is 9.47. The molecule has 0 heterocycles.